The maximum atomic E-state index is 2.74. The van der Waals surface area contributed by atoms with Gasteiger partial charge >= 0.3 is 0 Å². The highest BCUT2D eigenvalue weighted by Crippen LogP contribution is 2.35. The van der Waals surface area contributed by atoms with E-state index in [9.17, 15) is 0 Å². The molecule has 2 aliphatic heterocycles. The van der Waals surface area contributed by atoms with Crippen molar-refractivity contribution in [1.29, 1.82) is 0 Å². The quantitative estimate of drug-likeness (QED) is 0.784. The van der Waals surface area contributed by atoms with Gasteiger partial charge in [-0.3, -0.25) is 9.80 Å². The minimum Gasteiger partial charge on any atom is -0.301 e. The molecule has 0 saturated carbocycles. The summed E-state index contributed by atoms with van der Waals surface area (Å²) in [6, 6.07) is 1.62. The summed E-state index contributed by atoms with van der Waals surface area (Å²) in [5.41, 5.74) is 0.644. The van der Waals surface area contributed by atoms with Crippen LogP contribution in [0.2, 0.25) is 0 Å². The van der Waals surface area contributed by atoms with Crippen molar-refractivity contribution in [2.45, 2.75) is 77.5 Å². The minimum absolute atomic E-state index is 0.299. The number of rotatable bonds is 4. The molecule has 2 saturated heterocycles. The van der Waals surface area contributed by atoms with E-state index in [0.29, 0.717) is 11.1 Å². The fourth-order valence-electron chi connectivity index (χ4n) is 3.69. The van der Waals surface area contributed by atoms with Gasteiger partial charge in [-0.2, -0.15) is 0 Å². The van der Waals surface area contributed by atoms with Crippen molar-refractivity contribution in [3.05, 3.63) is 0 Å². The average molecular weight is 281 g/mol. The van der Waals surface area contributed by atoms with Gasteiger partial charge in [-0.15, -0.1) is 0 Å². The van der Waals surface area contributed by atoms with Crippen LogP contribution in [0.3, 0.4) is 0 Å². The number of hydrogen-bond donors (Lipinski definition) is 0. The molecule has 3 nitrogen and oxygen atoms in total. The predicted molar refractivity (Wildman–Crippen MR) is 87.2 cm³/mol. The van der Waals surface area contributed by atoms with Gasteiger partial charge in [0.1, 0.15) is 0 Å². The van der Waals surface area contributed by atoms with Gasteiger partial charge in [0, 0.05) is 36.3 Å². The summed E-state index contributed by atoms with van der Waals surface area (Å²) in [5, 5.41) is 0. The first-order valence-corrected chi connectivity index (χ1v) is 8.31. The number of nitrogens with zero attached hydrogens (tertiary/aromatic N) is 3. The molecule has 0 spiro atoms. The Hall–Kier alpha value is -0.120. The molecule has 0 radical (unpaired) electrons. The number of piperazine rings is 1. The fraction of sp³-hybridized carbons (Fsp3) is 1.00. The Bertz CT molecular complexity index is 326. The second kappa shape index (κ2) is 5.58. The molecule has 2 rings (SSSR count). The molecule has 2 fully saturated rings. The van der Waals surface area contributed by atoms with Crippen LogP contribution in [0.4, 0.5) is 0 Å². The molecule has 20 heavy (non-hydrogen) atoms. The highest BCUT2D eigenvalue weighted by atomic mass is 15.4. The normalized spacial score (nSPS) is 28.8. The number of hydrogen-bond acceptors (Lipinski definition) is 3. The van der Waals surface area contributed by atoms with Crippen molar-refractivity contribution in [3.63, 3.8) is 0 Å². The van der Waals surface area contributed by atoms with Gasteiger partial charge in [-0.1, -0.05) is 0 Å². The Morgan fingerprint density at radius 1 is 1.00 bits per heavy atom. The molecule has 2 bridgehead atoms. The Kier molecular flexibility index (Phi) is 4.54. The van der Waals surface area contributed by atoms with Crippen LogP contribution in [0.15, 0.2) is 0 Å². The van der Waals surface area contributed by atoms with E-state index in [1.807, 2.05) is 0 Å². The van der Waals surface area contributed by atoms with Crippen LogP contribution in [0.1, 0.15) is 54.4 Å². The highest BCUT2D eigenvalue weighted by molar-refractivity contribution is 5.03. The van der Waals surface area contributed by atoms with E-state index in [4.69, 9.17) is 0 Å². The fourth-order valence-corrected chi connectivity index (χ4v) is 3.69. The third-order valence-electron chi connectivity index (χ3n) is 5.30. The zero-order valence-corrected chi connectivity index (χ0v) is 14.7. The summed E-state index contributed by atoms with van der Waals surface area (Å²) in [6.45, 7) is 19.0. The maximum Gasteiger partial charge on any atom is 0.0244 e. The topological polar surface area (TPSA) is 9.72 Å². The SMILES string of the molecule is CN(CCCN1CC2CC1CN2C(C)(C)C)C(C)(C)C. The zero-order chi connectivity index (χ0) is 15.1. The van der Waals surface area contributed by atoms with Crippen LogP contribution in [0.25, 0.3) is 0 Å². The second-order valence-electron chi connectivity index (χ2n) is 8.81. The van der Waals surface area contributed by atoms with Crippen molar-refractivity contribution in [2.75, 3.05) is 33.2 Å². The first-order chi connectivity index (χ1) is 9.09. The van der Waals surface area contributed by atoms with E-state index in [1.165, 1.54) is 39.0 Å². The summed E-state index contributed by atoms with van der Waals surface area (Å²) in [6.07, 6.45) is 2.69. The summed E-state index contributed by atoms with van der Waals surface area (Å²) in [7, 11) is 2.25. The molecule has 2 aliphatic rings. The number of fused-ring (bicyclic) bond motifs is 2. The Morgan fingerprint density at radius 3 is 2.10 bits per heavy atom. The molecule has 2 unspecified atom stereocenters. The van der Waals surface area contributed by atoms with Crippen molar-refractivity contribution in [2.24, 2.45) is 0 Å². The molecule has 0 amide bonds. The van der Waals surface area contributed by atoms with Crippen LogP contribution in [0, 0.1) is 0 Å². The minimum atomic E-state index is 0.299. The molecule has 0 aliphatic carbocycles. The van der Waals surface area contributed by atoms with Gasteiger partial charge in [0.15, 0.2) is 0 Å². The molecule has 2 atom stereocenters. The van der Waals surface area contributed by atoms with Crippen LogP contribution in [-0.4, -0.2) is 71.1 Å². The van der Waals surface area contributed by atoms with Gasteiger partial charge in [0.25, 0.3) is 0 Å². The molecular weight excluding hydrogens is 246 g/mol. The van der Waals surface area contributed by atoms with E-state index in [-0.39, 0.29) is 0 Å². The van der Waals surface area contributed by atoms with Crippen molar-refractivity contribution in [3.8, 4) is 0 Å². The lowest BCUT2D eigenvalue weighted by molar-refractivity contribution is 0.0546. The van der Waals surface area contributed by atoms with E-state index in [0.717, 1.165) is 12.1 Å². The largest absolute Gasteiger partial charge is 0.301 e. The summed E-state index contributed by atoms with van der Waals surface area (Å²) < 4.78 is 0. The van der Waals surface area contributed by atoms with Crippen molar-refractivity contribution >= 4 is 0 Å². The lowest BCUT2D eigenvalue weighted by Gasteiger charge is -2.42. The van der Waals surface area contributed by atoms with Gasteiger partial charge in [0.05, 0.1) is 0 Å². The predicted octanol–water partition coefficient (Wildman–Crippen LogP) is 2.66. The van der Waals surface area contributed by atoms with E-state index in [1.54, 1.807) is 0 Å². The van der Waals surface area contributed by atoms with Gasteiger partial charge in [-0.25, -0.2) is 0 Å². The van der Waals surface area contributed by atoms with E-state index >= 15 is 0 Å². The molecule has 118 valence electrons. The molecule has 0 aromatic heterocycles. The molecular formula is C17H35N3. The Balaban J connectivity index is 1.74. The van der Waals surface area contributed by atoms with Gasteiger partial charge < -0.3 is 4.90 Å². The summed E-state index contributed by atoms with van der Waals surface area (Å²) in [5.74, 6) is 0. The Morgan fingerprint density at radius 2 is 1.65 bits per heavy atom. The first kappa shape index (κ1) is 16.3. The number of likely N-dealkylation sites (tertiary alicyclic amines) is 2. The second-order valence-corrected chi connectivity index (χ2v) is 8.81. The van der Waals surface area contributed by atoms with Gasteiger partial charge in [0.2, 0.25) is 0 Å². The highest BCUT2D eigenvalue weighted by Gasteiger charge is 2.46. The molecule has 0 N–H and O–H groups in total. The zero-order valence-electron chi connectivity index (χ0n) is 14.7. The molecule has 0 aromatic rings. The van der Waals surface area contributed by atoms with Crippen molar-refractivity contribution in [1.82, 2.24) is 14.7 Å². The maximum absolute atomic E-state index is 2.74. The van der Waals surface area contributed by atoms with E-state index < -0.39 is 0 Å². The smallest absolute Gasteiger partial charge is 0.0244 e. The standard InChI is InChI=1S/C17H35N3/c1-16(2,3)18(7)9-8-10-19-12-15-11-14(19)13-20(15)17(4,5)6/h14-15H,8-13H2,1-7H3. The van der Waals surface area contributed by atoms with Crippen LogP contribution in [-0.2, 0) is 0 Å². The van der Waals surface area contributed by atoms with E-state index in [2.05, 4.69) is 63.3 Å². The van der Waals surface area contributed by atoms with Crippen LogP contribution < -0.4 is 0 Å². The monoisotopic (exact) mass is 281 g/mol. The lowest BCUT2D eigenvalue weighted by Crippen LogP contribution is -2.53. The molecule has 3 heteroatoms. The molecule has 0 aromatic carbocycles. The van der Waals surface area contributed by atoms with Crippen LogP contribution >= 0.6 is 0 Å². The van der Waals surface area contributed by atoms with Crippen molar-refractivity contribution < 1.29 is 0 Å². The van der Waals surface area contributed by atoms with Gasteiger partial charge in [-0.05, 0) is 74.5 Å². The summed E-state index contributed by atoms with van der Waals surface area (Å²) >= 11 is 0. The first-order valence-electron chi connectivity index (χ1n) is 8.31. The third-order valence-corrected chi connectivity index (χ3v) is 5.30. The van der Waals surface area contributed by atoms with Crippen LogP contribution in [0.5, 0.6) is 0 Å². The summed E-state index contributed by atoms with van der Waals surface area (Å²) in [4.78, 5) is 7.93. The lowest BCUT2D eigenvalue weighted by atomic mass is 10.0. The average Bonchev–Trinajstić information content (AvgIpc) is 2.85. The molecule has 2 heterocycles. The third kappa shape index (κ3) is 3.55. The Labute approximate surface area is 126 Å².